The molecule has 1 aliphatic heterocycles. The number of nitrogens with two attached hydrogens (primary N) is 1. The topological polar surface area (TPSA) is 75.4 Å². The monoisotopic (exact) mass is 194 g/mol. The van der Waals surface area contributed by atoms with Crippen molar-refractivity contribution in [1.29, 1.82) is 0 Å². The fourth-order valence-electron chi connectivity index (χ4n) is 1.15. The summed E-state index contributed by atoms with van der Waals surface area (Å²) in [6.07, 6.45) is 7.53. The third-order valence-corrected chi connectivity index (χ3v) is 1.84. The van der Waals surface area contributed by atoms with Gasteiger partial charge in [-0.3, -0.25) is 9.59 Å². The average Bonchev–Trinajstić information content (AvgIpc) is 2.19. The maximum absolute atomic E-state index is 10.8. The zero-order valence-electron chi connectivity index (χ0n) is 7.69. The molecule has 0 aromatic rings. The molecular weight excluding hydrogens is 182 g/mol. The SMILES string of the molecule is NC(=O)C1=CN(CCN[C]=O)C=CC1. The highest BCUT2D eigenvalue weighted by Gasteiger charge is 2.08. The Balaban J connectivity index is 2.45. The van der Waals surface area contributed by atoms with Crippen molar-refractivity contribution in [3.63, 3.8) is 0 Å². The Morgan fingerprint density at radius 3 is 3.14 bits per heavy atom. The largest absolute Gasteiger partial charge is 0.366 e. The van der Waals surface area contributed by atoms with Gasteiger partial charge in [-0.05, 0) is 12.6 Å². The summed E-state index contributed by atoms with van der Waals surface area (Å²) >= 11 is 0. The molecule has 75 valence electrons. The van der Waals surface area contributed by atoms with Gasteiger partial charge in [0.2, 0.25) is 5.91 Å². The second-order valence-electron chi connectivity index (χ2n) is 2.87. The highest BCUT2D eigenvalue weighted by Crippen LogP contribution is 2.10. The number of carbonyl (C=O) groups excluding carboxylic acids is 2. The van der Waals surface area contributed by atoms with Crippen LogP contribution in [0.1, 0.15) is 6.42 Å². The van der Waals surface area contributed by atoms with E-state index in [-0.39, 0.29) is 0 Å². The molecule has 0 aromatic heterocycles. The van der Waals surface area contributed by atoms with Crippen molar-refractivity contribution in [2.75, 3.05) is 13.1 Å². The lowest BCUT2D eigenvalue weighted by Crippen LogP contribution is -2.27. The van der Waals surface area contributed by atoms with Crippen LogP contribution in [0.15, 0.2) is 24.0 Å². The second kappa shape index (κ2) is 5.06. The third kappa shape index (κ3) is 2.93. The summed E-state index contributed by atoms with van der Waals surface area (Å²) in [6, 6.07) is 0. The van der Waals surface area contributed by atoms with E-state index in [2.05, 4.69) is 5.32 Å². The molecule has 0 spiro atoms. The maximum atomic E-state index is 10.8. The van der Waals surface area contributed by atoms with Crippen molar-refractivity contribution < 1.29 is 9.59 Å². The van der Waals surface area contributed by atoms with Crippen LogP contribution in [0.5, 0.6) is 0 Å². The van der Waals surface area contributed by atoms with E-state index in [9.17, 15) is 9.59 Å². The first-order valence-corrected chi connectivity index (χ1v) is 4.27. The summed E-state index contributed by atoms with van der Waals surface area (Å²) in [6.45, 7) is 1.08. The van der Waals surface area contributed by atoms with E-state index in [1.807, 2.05) is 12.3 Å². The Morgan fingerprint density at radius 2 is 2.50 bits per heavy atom. The van der Waals surface area contributed by atoms with Crippen LogP contribution in [-0.4, -0.2) is 30.3 Å². The number of hydrogen-bond acceptors (Lipinski definition) is 3. The number of allylic oxidation sites excluding steroid dienone is 1. The maximum Gasteiger partial charge on any atom is 0.309 e. The molecule has 2 amide bonds. The zero-order valence-corrected chi connectivity index (χ0v) is 7.69. The molecule has 5 heteroatoms. The Hall–Kier alpha value is -1.78. The molecule has 0 fully saturated rings. The molecule has 14 heavy (non-hydrogen) atoms. The lowest BCUT2D eigenvalue weighted by atomic mass is 10.1. The highest BCUT2D eigenvalue weighted by atomic mass is 16.1. The molecule has 1 heterocycles. The first-order chi connectivity index (χ1) is 6.74. The summed E-state index contributed by atoms with van der Waals surface area (Å²) in [7, 11) is 0. The predicted molar refractivity (Wildman–Crippen MR) is 51.4 cm³/mol. The van der Waals surface area contributed by atoms with Crippen LogP contribution in [0, 0.1) is 0 Å². The standard InChI is InChI=1S/C9H12N3O2/c10-9(14)8-2-1-4-12(6-8)5-3-11-7-13/h1,4,6H,2-3,5H2,(H2,10,14)(H,11,13). The molecule has 0 saturated heterocycles. The minimum absolute atomic E-state index is 0.408. The molecule has 3 N–H and O–H groups in total. The Bertz CT molecular complexity index is 284. The van der Waals surface area contributed by atoms with Crippen molar-refractivity contribution in [2.24, 2.45) is 5.73 Å². The molecule has 1 radical (unpaired) electrons. The minimum Gasteiger partial charge on any atom is -0.366 e. The van der Waals surface area contributed by atoms with E-state index in [4.69, 9.17) is 5.73 Å². The van der Waals surface area contributed by atoms with Gasteiger partial charge >= 0.3 is 6.41 Å². The molecule has 0 atom stereocenters. The summed E-state index contributed by atoms with van der Waals surface area (Å²) in [4.78, 5) is 22.5. The van der Waals surface area contributed by atoms with Gasteiger partial charge in [-0.25, -0.2) is 0 Å². The summed E-state index contributed by atoms with van der Waals surface area (Å²) < 4.78 is 0. The molecule has 0 unspecified atom stereocenters. The van der Waals surface area contributed by atoms with Crippen LogP contribution in [0.2, 0.25) is 0 Å². The van der Waals surface area contributed by atoms with Gasteiger partial charge in [0.15, 0.2) is 0 Å². The van der Waals surface area contributed by atoms with Gasteiger partial charge in [-0.2, -0.15) is 0 Å². The number of carbonyl (C=O) groups is 1. The normalized spacial score (nSPS) is 14.9. The van der Waals surface area contributed by atoms with Crippen molar-refractivity contribution in [3.05, 3.63) is 24.0 Å². The summed E-state index contributed by atoms with van der Waals surface area (Å²) in [5, 5.41) is 2.41. The zero-order chi connectivity index (χ0) is 10.4. The quantitative estimate of drug-likeness (QED) is 0.446. The van der Waals surface area contributed by atoms with Crippen LogP contribution in [0.25, 0.3) is 0 Å². The van der Waals surface area contributed by atoms with E-state index >= 15 is 0 Å². The van der Waals surface area contributed by atoms with Crippen LogP contribution >= 0.6 is 0 Å². The van der Waals surface area contributed by atoms with Crippen molar-refractivity contribution in [2.45, 2.75) is 6.42 Å². The minimum atomic E-state index is -0.408. The highest BCUT2D eigenvalue weighted by molar-refractivity contribution is 5.92. The van der Waals surface area contributed by atoms with Crippen molar-refractivity contribution in [3.8, 4) is 0 Å². The van der Waals surface area contributed by atoms with Gasteiger partial charge in [-0.1, -0.05) is 6.08 Å². The summed E-state index contributed by atoms with van der Waals surface area (Å²) in [5.41, 5.74) is 5.71. The molecule has 1 rings (SSSR count). The number of nitrogens with zero attached hydrogens (tertiary/aromatic N) is 1. The van der Waals surface area contributed by atoms with Crippen LogP contribution in [0.4, 0.5) is 0 Å². The molecule has 5 nitrogen and oxygen atoms in total. The number of rotatable bonds is 5. The van der Waals surface area contributed by atoms with Crippen molar-refractivity contribution in [1.82, 2.24) is 10.2 Å². The van der Waals surface area contributed by atoms with E-state index in [0.29, 0.717) is 25.1 Å². The molecule has 0 saturated carbocycles. The molecule has 0 aliphatic carbocycles. The van der Waals surface area contributed by atoms with Crippen LogP contribution in [-0.2, 0) is 9.59 Å². The Labute approximate surface area is 82.2 Å². The number of amides is 2. The second-order valence-corrected chi connectivity index (χ2v) is 2.87. The third-order valence-electron chi connectivity index (χ3n) is 1.84. The first kappa shape index (κ1) is 10.3. The van der Waals surface area contributed by atoms with Gasteiger partial charge in [-0.15, -0.1) is 0 Å². The van der Waals surface area contributed by atoms with Gasteiger partial charge in [0.25, 0.3) is 0 Å². The molecule has 0 aromatic carbocycles. The number of nitrogens with one attached hydrogen (secondary N) is 1. The lowest BCUT2D eigenvalue weighted by molar-refractivity contribution is -0.114. The van der Waals surface area contributed by atoms with Crippen molar-refractivity contribution >= 4 is 12.3 Å². The van der Waals surface area contributed by atoms with E-state index in [0.717, 1.165) is 0 Å². The van der Waals surface area contributed by atoms with Crippen LogP contribution in [0.3, 0.4) is 0 Å². The first-order valence-electron chi connectivity index (χ1n) is 4.27. The van der Waals surface area contributed by atoms with Gasteiger partial charge in [0, 0.05) is 24.9 Å². The molecular formula is C9H12N3O2. The Kier molecular flexibility index (Phi) is 3.72. The fourth-order valence-corrected chi connectivity index (χ4v) is 1.15. The smallest absolute Gasteiger partial charge is 0.309 e. The van der Waals surface area contributed by atoms with E-state index < -0.39 is 5.91 Å². The van der Waals surface area contributed by atoms with Gasteiger partial charge in [0.05, 0.1) is 0 Å². The summed E-state index contributed by atoms with van der Waals surface area (Å²) in [5.74, 6) is -0.408. The van der Waals surface area contributed by atoms with Gasteiger partial charge in [0.1, 0.15) is 0 Å². The van der Waals surface area contributed by atoms with Gasteiger partial charge < -0.3 is 16.0 Å². The Morgan fingerprint density at radius 1 is 1.71 bits per heavy atom. The molecule has 0 bridgehead atoms. The number of primary amides is 1. The fraction of sp³-hybridized carbons (Fsp3) is 0.333. The van der Waals surface area contributed by atoms with E-state index in [1.54, 1.807) is 17.5 Å². The average molecular weight is 194 g/mol. The predicted octanol–water partition coefficient (Wildman–Crippen LogP) is -0.768. The molecule has 1 aliphatic rings. The van der Waals surface area contributed by atoms with Crippen LogP contribution < -0.4 is 11.1 Å². The lowest BCUT2D eigenvalue weighted by Gasteiger charge is -2.19. The van der Waals surface area contributed by atoms with E-state index in [1.165, 1.54) is 0 Å². The number of hydrogen-bond donors (Lipinski definition) is 2.